The normalized spacial score (nSPS) is 12.0. The van der Waals surface area contributed by atoms with Crippen molar-refractivity contribution < 1.29 is 0 Å². The van der Waals surface area contributed by atoms with Crippen molar-refractivity contribution in [2.45, 2.75) is 26.2 Å². The number of fused-ring (bicyclic) bond motifs is 3. The first-order chi connectivity index (χ1) is 14.4. The molecule has 0 radical (unpaired) electrons. The van der Waals surface area contributed by atoms with Gasteiger partial charge in [0.05, 0.1) is 16.7 Å². The molecule has 0 saturated carbocycles. The average Bonchev–Trinajstić information content (AvgIpc) is 3.07. The molecule has 3 nitrogen and oxygen atoms in total. The molecule has 2 heterocycles. The summed E-state index contributed by atoms with van der Waals surface area (Å²) in [5.41, 5.74) is 13.8. The lowest BCUT2D eigenvalue weighted by Crippen LogP contribution is -2.11. The number of hydrogen-bond donors (Lipinski definition) is 1. The molecule has 0 aliphatic rings. The standard InChI is InChI=1S/C27H25N3/c1-27(2,3)19-13-14-29-24(16-19)18-7-6-8-21(15-18)30-25-10-5-4-9-22(25)23-12-11-20(28)17-26(23)30/h4-17H,28H2,1-3H3. The molecule has 0 amide bonds. The quantitative estimate of drug-likeness (QED) is 0.339. The topological polar surface area (TPSA) is 43.8 Å². The maximum absolute atomic E-state index is 6.15. The second-order valence-corrected chi connectivity index (χ2v) is 8.86. The predicted octanol–water partition coefficient (Wildman–Crippen LogP) is 6.73. The maximum Gasteiger partial charge on any atom is 0.0705 e. The highest BCUT2D eigenvalue weighted by atomic mass is 15.0. The van der Waals surface area contributed by atoms with Crippen LogP contribution in [0.5, 0.6) is 0 Å². The fourth-order valence-electron chi connectivity index (χ4n) is 4.12. The molecule has 0 saturated heterocycles. The Morgan fingerprint density at radius 1 is 0.767 bits per heavy atom. The van der Waals surface area contributed by atoms with Crippen LogP contribution in [0, 0.1) is 0 Å². The van der Waals surface area contributed by atoms with Crippen molar-refractivity contribution in [2.24, 2.45) is 0 Å². The molecule has 2 N–H and O–H groups in total. The van der Waals surface area contributed by atoms with Gasteiger partial charge in [-0.3, -0.25) is 4.98 Å². The second-order valence-electron chi connectivity index (χ2n) is 8.86. The van der Waals surface area contributed by atoms with Crippen molar-refractivity contribution in [3.63, 3.8) is 0 Å². The van der Waals surface area contributed by atoms with Crippen LogP contribution in [0.15, 0.2) is 85.1 Å². The van der Waals surface area contributed by atoms with E-state index in [4.69, 9.17) is 5.73 Å². The van der Waals surface area contributed by atoms with E-state index in [1.807, 2.05) is 12.3 Å². The van der Waals surface area contributed by atoms with Crippen LogP contribution in [0.4, 0.5) is 5.69 Å². The molecule has 0 fully saturated rings. The molecule has 5 aromatic rings. The zero-order valence-electron chi connectivity index (χ0n) is 17.6. The number of nitrogens with zero attached hydrogens (tertiary/aromatic N) is 2. The van der Waals surface area contributed by atoms with Gasteiger partial charge in [0.2, 0.25) is 0 Å². The number of nitrogen functional groups attached to an aromatic ring is 1. The molecular formula is C27H25N3. The van der Waals surface area contributed by atoms with Gasteiger partial charge in [-0.2, -0.15) is 0 Å². The zero-order chi connectivity index (χ0) is 20.9. The van der Waals surface area contributed by atoms with Gasteiger partial charge in [-0.25, -0.2) is 0 Å². The van der Waals surface area contributed by atoms with Crippen LogP contribution in [-0.2, 0) is 5.41 Å². The molecule has 3 aromatic carbocycles. The van der Waals surface area contributed by atoms with Crippen LogP contribution in [0.3, 0.4) is 0 Å². The van der Waals surface area contributed by atoms with Crippen LogP contribution in [0.25, 0.3) is 38.8 Å². The highest BCUT2D eigenvalue weighted by Gasteiger charge is 2.16. The van der Waals surface area contributed by atoms with Crippen LogP contribution < -0.4 is 5.73 Å². The van der Waals surface area contributed by atoms with E-state index in [1.54, 1.807) is 0 Å². The third-order valence-electron chi connectivity index (χ3n) is 5.72. The Hall–Kier alpha value is -3.59. The van der Waals surface area contributed by atoms with E-state index in [9.17, 15) is 0 Å². The predicted molar refractivity (Wildman–Crippen MR) is 127 cm³/mol. The summed E-state index contributed by atoms with van der Waals surface area (Å²) in [6.07, 6.45) is 1.91. The van der Waals surface area contributed by atoms with Gasteiger partial charge in [0.15, 0.2) is 0 Å². The first-order valence-electron chi connectivity index (χ1n) is 10.3. The molecule has 0 bridgehead atoms. The summed E-state index contributed by atoms with van der Waals surface area (Å²) in [6, 6.07) is 27.5. The van der Waals surface area contributed by atoms with Crippen LogP contribution >= 0.6 is 0 Å². The third kappa shape index (κ3) is 3.03. The molecule has 0 spiro atoms. The molecule has 30 heavy (non-hydrogen) atoms. The lowest BCUT2D eigenvalue weighted by atomic mass is 9.87. The Morgan fingerprint density at radius 2 is 1.57 bits per heavy atom. The molecule has 0 atom stereocenters. The SMILES string of the molecule is CC(C)(C)c1ccnc(-c2cccc(-n3c4ccccc4c4ccc(N)cc43)c2)c1. The van der Waals surface area contributed by atoms with Gasteiger partial charge < -0.3 is 10.3 Å². The van der Waals surface area contributed by atoms with Gasteiger partial charge in [0, 0.05) is 33.9 Å². The lowest BCUT2D eigenvalue weighted by molar-refractivity contribution is 0.589. The number of aromatic nitrogens is 2. The summed E-state index contributed by atoms with van der Waals surface area (Å²) < 4.78 is 2.29. The average molecular weight is 392 g/mol. The summed E-state index contributed by atoms with van der Waals surface area (Å²) in [4.78, 5) is 4.66. The van der Waals surface area contributed by atoms with Crippen LogP contribution in [0.2, 0.25) is 0 Å². The Bertz CT molecular complexity index is 1390. The molecule has 5 rings (SSSR count). The van der Waals surface area contributed by atoms with Crippen molar-refractivity contribution in [1.82, 2.24) is 9.55 Å². The largest absolute Gasteiger partial charge is 0.399 e. The highest BCUT2D eigenvalue weighted by Crippen LogP contribution is 2.34. The van der Waals surface area contributed by atoms with E-state index in [1.165, 1.54) is 21.9 Å². The molecule has 0 unspecified atom stereocenters. The zero-order valence-corrected chi connectivity index (χ0v) is 17.6. The van der Waals surface area contributed by atoms with E-state index < -0.39 is 0 Å². The Labute approximate surface area is 176 Å². The van der Waals surface area contributed by atoms with Crippen molar-refractivity contribution in [3.05, 3.63) is 90.6 Å². The van der Waals surface area contributed by atoms with E-state index in [-0.39, 0.29) is 5.41 Å². The number of nitrogens with two attached hydrogens (primary N) is 1. The number of rotatable bonds is 2. The van der Waals surface area contributed by atoms with E-state index >= 15 is 0 Å². The number of benzene rings is 3. The van der Waals surface area contributed by atoms with Gasteiger partial charge in [-0.15, -0.1) is 0 Å². The van der Waals surface area contributed by atoms with Crippen molar-refractivity contribution >= 4 is 27.5 Å². The molecule has 2 aromatic heterocycles. The van der Waals surface area contributed by atoms with E-state index in [0.29, 0.717) is 0 Å². The summed E-state index contributed by atoms with van der Waals surface area (Å²) in [7, 11) is 0. The molecule has 0 aliphatic carbocycles. The molecule has 0 aliphatic heterocycles. The number of para-hydroxylation sites is 1. The maximum atomic E-state index is 6.15. The summed E-state index contributed by atoms with van der Waals surface area (Å²) in [5, 5.41) is 2.43. The van der Waals surface area contributed by atoms with Gasteiger partial charge >= 0.3 is 0 Å². The summed E-state index contributed by atoms with van der Waals surface area (Å²) in [5.74, 6) is 0. The monoisotopic (exact) mass is 391 g/mol. The van der Waals surface area contributed by atoms with E-state index in [2.05, 4.69) is 103 Å². The Balaban J connectivity index is 1.74. The van der Waals surface area contributed by atoms with Crippen molar-refractivity contribution in [3.8, 4) is 16.9 Å². The second kappa shape index (κ2) is 6.74. The van der Waals surface area contributed by atoms with Crippen molar-refractivity contribution in [1.29, 1.82) is 0 Å². The number of anilines is 1. The summed E-state index contributed by atoms with van der Waals surface area (Å²) in [6.45, 7) is 6.68. The van der Waals surface area contributed by atoms with Gasteiger partial charge in [-0.05, 0) is 53.4 Å². The highest BCUT2D eigenvalue weighted by molar-refractivity contribution is 6.10. The minimum absolute atomic E-state index is 0.0830. The first kappa shape index (κ1) is 18.4. The number of pyridine rings is 1. The van der Waals surface area contributed by atoms with Crippen LogP contribution in [0.1, 0.15) is 26.3 Å². The van der Waals surface area contributed by atoms with Crippen molar-refractivity contribution in [2.75, 3.05) is 5.73 Å². The van der Waals surface area contributed by atoms with Gasteiger partial charge in [-0.1, -0.05) is 57.2 Å². The summed E-state index contributed by atoms with van der Waals surface area (Å²) >= 11 is 0. The molecular weight excluding hydrogens is 366 g/mol. The minimum atomic E-state index is 0.0830. The smallest absolute Gasteiger partial charge is 0.0705 e. The fourth-order valence-corrected chi connectivity index (χ4v) is 4.12. The Kier molecular flexibility index (Phi) is 4.14. The van der Waals surface area contributed by atoms with E-state index in [0.717, 1.165) is 28.1 Å². The molecule has 3 heteroatoms. The third-order valence-corrected chi connectivity index (χ3v) is 5.72. The lowest BCUT2D eigenvalue weighted by Gasteiger charge is -2.19. The van der Waals surface area contributed by atoms with Gasteiger partial charge in [0.25, 0.3) is 0 Å². The minimum Gasteiger partial charge on any atom is -0.399 e. The Morgan fingerprint density at radius 3 is 2.40 bits per heavy atom. The number of hydrogen-bond acceptors (Lipinski definition) is 2. The van der Waals surface area contributed by atoms with Crippen LogP contribution in [-0.4, -0.2) is 9.55 Å². The molecule has 148 valence electrons. The fraction of sp³-hybridized carbons (Fsp3) is 0.148. The first-order valence-corrected chi connectivity index (χ1v) is 10.3. The van der Waals surface area contributed by atoms with Gasteiger partial charge in [0.1, 0.15) is 0 Å².